The van der Waals surface area contributed by atoms with Crippen LogP contribution in [0.3, 0.4) is 0 Å². The van der Waals surface area contributed by atoms with Crippen molar-refractivity contribution in [2.24, 2.45) is 0 Å². The Bertz CT molecular complexity index is 473. The highest BCUT2D eigenvalue weighted by Crippen LogP contribution is 2.42. The van der Waals surface area contributed by atoms with E-state index in [4.69, 9.17) is 0 Å². The Morgan fingerprint density at radius 3 is 1.94 bits per heavy atom. The highest BCUT2D eigenvalue weighted by molar-refractivity contribution is 5.74. The van der Waals surface area contributed by atoms with E-state index in [1.807, 2.05) is 29.4 Å². The number of aromatic amines is 2. The standard InChI is InChI=1S/C14H17N3O/c1-10(18)17-13(11-4-2-8-15-11)6-7-14(17)12-5-3-9-16-12/h2-5,8-9,13-16H,6-7H2,1H3/t13-,14+. The summed E-state index contributed by atoms with van der Waals surface area (Å²) in [5, 5.41) is 0. The van der Waals surface area contributed by atoms with E-state index in [1.165, 1.54) is 0 Å². The van der Waals surface area contributed by atoms with Gasteiger partial charge in [-0.25, -0.2) is 0 Å². The van der Waals surface area contributed by atoms with Gasteiger partial charge < -0.3 is 14.9 Å². The molecule has 0 bridgehead atoms. The Balaban J connectivity index is 1.93. The van der Waals surface area contributed by atoms with Gasteiger partial charge in [0.25, 0.3) is 0 Å². The van der Waals surface area contributed by atoms with Crippen LogP contribution in [0, 0.1) is 0 Å². The van der Waals surface area contributed by atoms with Gasteiger partial charge in [-0.05, 0) is 37.1 Å². The Morgan fingerprint density at radius 1 is 1.11 bits per heavy atom. The zero-order valence-corrected chi connectivity index (χ0v) is 10.4. The number of H-pyrrole nitrogens is 2. The summed E-state index contributed by atoms with van der Waals surface area (Å²) in [6.45, 7) is 1.65. The number of nitrogens with one attached hydrogen (secondary N) is 2. The summed E-state index contributed by atoms with van der Waals surface area (Å²) < 4.78 is 0. The fraction of sp³-hybridized carbons (Fsp3) is 0.357. The third-order valence-corrected chi connectivity index (χ3v) is 3.71. The summed E-state index contributed by atoms with van der Waals surface area (Å²) in [7, 11) is 0. The van der Waals surface area contributed by atoms with Crippen molar-refractivity contribution in [3.05, 3.63) is 48.0 Å². The third-order valence-electron chi connectivity index (χ3n) is 3.71. The van der Waals surface area contributed by atoms with Crippen molar-refractivity contribution in [3.8, 4) is 0 Å². The molecular weight excluding hydrogens is 226 g/mol. The Morgan fingerprint density at radius 2 is 1.61 bits per heavy atom. The fourth-order valence-electron chi connectivity index (χ4n) is 2.96. The first kappa shape index (κ1) is 11.1. The van der Waals surface area contributed by atoms with Gasteiger partial charge in [-0.15, -0.1) is 0 Å². The zero-order chi connectivity index (χ0) is 12.5. The van der Waals surface area contributed by atoms with E-state index in [0.29, 0.717) is 0 Å². The Labute approximate surface area is 106 Å². The molecule has 0 radical (unpaired) electrons. The molecule has 3 heterocycles. The maximum atomic E-state index is 12.0. The average molecular weight is 243 g/mol. The van der Waals surface area contributed by atoms with Gasteiger partial charge in [0.15, 0.2) is 0 Å². The van der Waals surface area contributed by atoms with E-state index < -0.39 is 0 Å². The van der Waals surface area contributed by atoms with E-state index in [1.54, 1.807) is 6.92 Å². The summed E-state index contributed by atoms with van der Waals surface area (Å²) in [6.07, 6.45) is 5.83. The van der Waals surface area contributed by atoms with Gasteiger partial charge in [0.2, 0.25) is 5.91 Å². The monoisotopic (exact) mass is 243 g/mol. The number of rotatable bonds is 2. The molecule has 0 unspecified atom stereocenters. The lowest BCUT2D eigenvalue weighted by Crippen LogP contribution is -2.31. The van der Waals surface area contributed by atoms with Crippen LogP contribution >= 0.6 is 0 Å². The van der Waals surface area contributed by atoms with Gasteiger partial charge in [0.05, 0.1) is 12.1 Å². The second kappa shape index (κ2) is 4.37. The minimum Gasteiger partial charge on any atom is -0.363 e. The lowest BCUT2D eigenvalue weighted by molar-refractivity contribution is -0.132. The molecule has 3 rings (SSSR count). The first-order valence-electron chi connectivity index (χ1n) is 6.33. The molecule has 4 heteroatoms. The average Bonchev–Trinajstić information content (AvgIpc) is 3.10. The number of hydrogen-bond acceptors (Lipinski definition) is 1. The van der Waals surface area contributed by atoms with Gasteiger partial charge in [-0.1, -0.05) is 0 Å². The predicted molar refractivity (Wildman–Crippen MR) is 68.8 cm³/mol. The lowest BCUT2D eigenvalue weighted by atomic mass is 10.1. The largest absolute Gasteiger partial charge is 0.363 e. The van der Waals surface area contributed by atoms with Gasteiger partial charge in [0.1, 0.15) is 0 Å². The van der Waals surface area contributed by atoms with E-state index in [0.717, 1.165) is 24.2 Å². The molecule has 1 aliphatic rings. The highest BCUT2D eigenvalue weighted by Gasteiger charge is 2.37. The van der Waals surface area contributed by atoms with Crippen molar-refractivity contribution < 1.29 is 4.79 Å². The molecule has 2 aromatic heterocycles. The van der Waals surface area contributed by atoms with Crippen molar-refractivity contribution in [2.75, 3.05) is 0 Å². The molecule has 0 aromatic carbocycles. The molecule has 2 aromatic rings. The SMILES string of the molecule is CC(=O)N1[C@@H](c2ccc[nH]2)CC[C@H]1c1ccc[nH]1. The van der Waals surface area contributed by atoms with E-state index in [-0.39, 0.29) is 18.0 Å². The van der Waals surface area contributed by atoms with Gasteiger partial charge in [-0.2, -0.15) is 0 Å². The van der Waals surface area contributed by atoms with Crippen LogP contribution in [0.25, 0.3) is 0 Å². The quantitative estimate of drug-likeness (QED) is 0.837. The summed E-state index contributed by atoms with van der Waals surface area (Å²) in [5.74, 6) is 0.131. The van der Waals surface area contributed by atoms with Crippen LogP contribution < -0.4 is 0 Å². The molecule has 1 amide bonds. The Hall–Kier alpha value is -1.97. The molecule has 18 heavy (non-hydrogen) atoms. The normalized spacial score (nSPS) is 23.5. The van der Waals surface area contributed by atoms with E-state index in [2.05, 4.69) is 22.1 Å². The lowest BCUT2D eigenvalue weighted by Gasteiger charge is -2.28. The fourth-order valence-corrected chi connectivity index (χ4v) is 2.96. The first-order valence-corrected chi connectivity index (χ1v) is 6.33. The second-order valence-electron chi connectivity index (χ2n) is 4.79. The number of carbonyl (C=O) groups excluding carboxylic acids is 1. The molecule has 4 nitrogen and oxygen atoms in total. The smallest absolute Gasteiger partial charge is 0.220 e. The van der Waals surface area contributed by atoms with Crippen molar-refractivity contribution in [1.29, 1.82) is 0 Å². The summed E-state index contributed by atoms with van der Waals surface area (Å²) in [4.78, 5) is 20.4. The van der Waals surface area contributed by atoms with Crippen molar-refractivity contribution in [2.45, 2.75) is 31.8 Å². The Kier molecular flexibility index (Phi) is 2.70. The number of carbonyl (C=O) groups is 1. The van der Waals surface area contributed by atoms with Crippen molar-refractivity contribution in [3.63, 3.8) is 0 Å². The summed E-state index contributed by atoms with van der Waals surface area (Å²) in [6, 6.07) is 8.41. The van der Waals surface area contributed by atoms with Crippen molar-refractivity contribution in [1.82, 2.24) is 14.9 Å². The number of amides is 1. The maximum absolute atomic E-state index is 12.0. The summed E-state index contributed by atoms with van der Waals surface area (Å²) in [5.41, 5.74) is 2.25. The van der Waals surface area contributed by atoms with Gasteiger partial charge in [-0.3, -0.25) is 4.79 Å². The minimum absolute atomic E-state index is 0.131. The van der Waals surface area contributed by atoms with Crippen LogP contribution in [0.2, 0.25) is 0 Å². The summed E-state index contributed by atoms with van der Waals surface area (Å²) >= 11 is 0. The van der Waals surface area contributed by atoms with Crippen LogP contribution in [0.15, 0.2) is 36.7 Å². The van der Waals surface area contributed by atoms with Crippen LogP contribution in [0.4, 0.5) is 0 Å². The van der Waals surface area contributed by atoms with Crippen LogP contribution in [0.1, 0.15) is 43.2 Å². The molecule has 0 saturated carbocycles. The van der Waals surface area contributed by atoms with Crippen LogP contribution in [-0.4, -0.2) is 20.8 Å². The number of aromatic nitrogens is 2. The number of hydrogen-bond donors (Lipinski definition) is 2. The molecule has 0 spiro atoms. The third kappa shape index (κ3) is 1.74. The molecule has 1 saturated heterocycles. The predicted octanol–water partition coefficient (Wildman–Crippen LogP) is 2.77. The number of nitrogens with zero attached hydrogens (tertiary/aromatic N) is 1. The number of likely N-dealkylation sites (tertiary alicyclic amines) is 1. The molecule has 0 aliphatic carbocycles. The topological polar surface area (TPSA) is 51.9 Å². The van der Waals surface area contributed by atoms with Crippen LogP contribution in [0.5, 0.6) is 0 Å². The minimum atomic E-state index is 0.131. The van der Waals surface area contributed by atoms with E-state index in [9.17, 15) is 4.79 Å². The van der Waals surface area contributed by atoms with Crippen molar-refractivity contribution >= 4 is 5.91 Å². The van der Waals surface area contributed by atoms with Gasteiger partial charge in [0, 0.05) is 30.7 Å². The van der Waals surface area contributed by atoms with Gasteiger partial charge >= 0.3 is 0 Å². The molecule has 1 aliphatic heterocycles. The zero-order valence-electron chi connectivity index (χ0n) is 10.4. The highest BCUT2D eigenvalue weighted by atomic mass is 16.2. The molecule has 94 valence electrons. The maximum Gasteiger partial charge on any atom is 0.220 e. The molecule has 2 atom stereocenters. The van der Waals surface area contributed by atoms with Crippen LogP contribution in [-0.2, 0) is 4.79 Å². The first-order chi connectivity index (χ1) is 8.77. The molecule has 1 fully saturated rings. The second-order valence-corrected chi connectivity index (χ2v) is 4.79. The van der Waals surface area contributed by atoms with E-state index >= 15 is 0 Å². The molecular formula is C14H17N3O. The molecule has 2 N–H and O–H groups in total.